The van der Waals surface area contributed by atoms with Crippen LogP contribution < -0.4 is 14.8 Å². The Morgan fingerprint density at radius 2 is 1.45 bits per heavy atom. The predicted molar refractivity (Wildman–Crippen MR) is 226 cm³/mol. The molecule has 2 aromatic heterocycles. The van der Waals surface area contributed by atoms with Gasteiger partial charge < -0.3 is 48.5 Å². The number of para-hydroxylation sites is 2. The van der Waals surface area contributed by atoms with Crippen molar-refractivity contribution in [1.29, 1.82) is 5.26 Å². The lowest BCUT2D eigenvalue weighted by molar-refractivity contribution is -0.152. The topological polar surface area (TPSA) is 253 Å². The molecule has 1 aliphatic carbocycles. The Labute approximate surface area is 372 Å². The van der Waals surface area contributed by atoms with Crippen molar-refractivity contribution in [1.82, 2.24) is 9.55 Å². The third-order valence-electron chi connectivity index (χ3n) is 10.4. The molecule has 0 unspecified atom stereocenters. The Morgan fingerprint density at radius 3 is 2.00 bits per heavy atom. The highest BCUT2D eigenvalue weighted by Crippen LogP contribution is 2.48. The molecule has 0 spiro atoms. The lowest BCUT2D eigenvalue weighted by Crippen LogP contribution is -2.34. The first-order valence-electron chi connectivity index (χ1n) is 20.4. The van der Waals surface area contributed by atoms with Gasteiger partial charge in [0.15, 0.2) is 11.4 Å². The molecule has 2 fully saturated rings. The van der Waals surface area contributed by atoms with Gasteiger partial charge in [-0.2, -0.15) is 5.26 Å². The van der Waals surface area contributed by atoms with Gasteiger partial charge in [0.2, 0.25) is 13.6 Å². The number of anilines is 1. The molecule has 1 saturated heterocycles. The van der Waals surface area contributed by atoms with Gasteiger partial charge in [-0.3, -0.25) is 32.8 Å². The largest absolute Gasteiger partial charge is 0.438 e. The van der Waals surface area contributed by atoms with Crippen LogP contribution in [0.2, 0.25) is 5.15 Å². The zero-order valence-electron chi connectivity index (χ0n) is 35.0. The van der Waals surface area contributed by atoms with Gasteiger partial charge in [0.25, 0.3) is 0 Å². The van der Waals surface area contributed by atoms with Crippen molar-refractivity contribution >= 4 is 59.8 Å². The van der Waals surface area contributed by atoms with Crippen LogP contribution in [0.3, 0.4) is 0 Å². The maximum atomic E-state index is 13.9. The van der Waals surface area contributed by atoms with Crippen LogP contribution >= 0.6 is 19.2 Å². The van der Waals surface area contributed by atoms with E-state index in [1.807, 2.05) is 0 Å². The van der Waals surface area contributed by atoms with Crippen LogP contribution in [0.5, 0.6) is 11.5 Å². The summed E-state index contributed by atoms with van der Waals surface area (Å²) in [7, 11) is -4.41. The van der Waals surface area contributed by atoms with Crippen molar-refractivity contribution in [2.75, 3.05) is 31.9 Å². The molecule has 0 amide bonds. The van der Waals surface area contributed by atoms with Crippen molar-refractivity contribution in [2.24, 2.45) is 0 Å². The minimum absolute atomic E-state index is 0.0512. The van der Waals surface area contributed by atoms with E-state index in [0.29, 0.717) is 27.8 Å². The van der Waals surface area contributed by atoms with Gasteiger partial charge in [0, 0.05) is 44.3 Å². The number of aryl methyl sites for hydroxylation is 2. The molecule has 2 aromatic carbocycles. The Hall–Kier alpha value is -5.42. The van der Waals surface area contributed by atoms with Gasteiger partial charge in [-0.15, -0.1) is 0 Å². The first-order chi connectivity index (χ1) is 30.7. The molecule has 1 saturated carbocycles. The first-order valence-corrected chi connectivity index (χ1v) is 22.5. The number of aliphatic hydroxyl groups is 2. The molecule has 19 nitrogen and oxygen atoms in total. The van der Waals surface area contributed by atoms with E-state index in [1.165, 1.54) is 18.4 Å². The normalized spacial score (nSPS) is 18.7. The number of aromatic nitrogens is 2. The number of ether oxygens (including phenoxy) is 6. The molecule has 2 aliphatic rings. The van der Waals surface area contributed by atoms with E-state index in [4.69, 9.17) is 49.1 Å². The van der Waals surface area contributed by atoms with Crippen molar-refractivity contribution in [3.63, 3.8) is 0 Å². The van der Waals surface area contributed by atoms with Crippen LogP contribution in [0.1, 0.15) is 75.3 Å². The Balaban J connectivity index is 1.07. The lowest BCUT2D eigenvalue weighted by Gasteiger charge is -2.20. The number of nitrogens with one attached hydrogen (secondary N) is 1. The average Bonchev–Trinajstić information content (AvgIpc) is 3.99. The molecule has 3 N–H and O–H groups in total. The maximum absolute atomic E-state index is 13.9. The summed E-state index contributed by atoms with van der Waals surface area (Å²) in [5.74, 6) is -2.01. The van der Waals surface area contributed by atoms with Crippen LogP contribution in [-0.2, 0) is 64.6 Å². The average molecular weight is 927 g/mol. The fourth-order valence-corrected chi connectivity index (χ4v) is 8.45. The summed E-state index contributed by atoms with van der Waals surface area (Å²) in [5, 5.41) is 36.0. The van der Waals surface area contributed by atoms with E-state index in [2.05, 4.69) is 16.4 Å². The second kappa shape index (κ2) is 22.5. The van der Waals surface area contributed by atoms with Gasteiger partial charge in [0.1, 0.15) is 53.4 Å². The fraction of sp³-hybridized carbons (Fsp3) is 0.442. The number of aliphatic hydroxyl groups excluding tert-OH is 2. The van der Waals surface area contributed by atoms with E-state index in [1.54, 1.807) is 60.8 Å². The molecule has 21 heteroatoms. The summed E-state index contributed by atoms with van der Waals surface area (Å²) in [6.07, 6.45) is -0.692. The third-order valence-corrected chi connectivity index (χ3v) is 12.1. The lowest BCUT2D eigenvalue weighted by atomic mass is 10.1. The van der Waals surface area contributed by atoms with Gasteiger partial charge in [-0.1, -0.05) is 60.8 Å². The number of hydrogen-bond acceptors (Lipinski definition) is 18. The molecular formula is C43H48ClN4O15P. The zero-order valence-corrected chi connectivity index (χ0v) is 36.7. The monoisotopic (exact) mass is 926 g/mol. The fourth-order valence-electron chi connectivity index (χ4n) is 7.25. The standard InChI is InChI=1S/C43H48ClN4O15P/c1-26(49)61-33-13-7-3-9-28(33)15-17-36(51)57-23-59-64(55,60-24-58-37(52)18-16-29-10-4-8-14-34(29)62-27(2)50)25-56-22-35-39(53)40(54)43(63-35)48-20-19-31-38(46-30-11-5-6-12-30)32(21-45)41(44)47-42(31)48/h3-4,7-10,13-14,19-20,30,35,39-40,43,53-54H,5-6,11-12,15-18,22-25H2,1-2H3,(H,46,47)/t35-,39-,40-,43-/m1/s1. The van der Waals surface area contributed by atoms with E-state index in [0.717, 1.165) is 25.7 Å². The summed E-state index contributed by atoms with van der Waals surface area (Å²) in [6, 6.07) is 17.2. The Kier molecular flexibility index (Phi) is 16.9. The van der Waals surface area contributed by atoms with Crippen LogP contribution in [0.4, 0.5) is 5.69 Å². The van der Waals surface area contributed by atoms with Crippen molar-refractivity contribution in [3.8, 4) is 17.6 Å². The van der Waals surface area contributed by atoms with Crippen LogP contribution in [0.15, 0.2) is 60.8 Å². The van der Waals surface area contributed by atoms with Crippen LogP contribution in [0.25, 0.3) is 11.0 Å². The number of benzene rings is 2. The first kappa shape index (κ1) is 48.0. The minimum Gasteiger partial charge on any atom is -0.438 e. The third kappa shape index (κ3) is 12.6. The number of nitriles is 1. The molecule has 4 aromatic rings. The highest BCUT2D eigenvalue weighted by Gasteiger charge is 2.45. The molecule has 0 radical (unpaired) electrons. The summed E-state index contributed by atoms with van der Waals surface area (Å²) in [4.78, 5) is 52.7. The number of carbonyl (C=O) groups excluding carboxylic acids is 4. The van der Waals surface area contributed by atoms with Gasteiger partial charge >= 0.3 is 31.5 Å². The summed E-state index contributed by atoms with van der Waals surface area (Å²) < 4.78 is 58.5. The number of pyridine rings is 1. The molecule has 64 heavy (non-hydrogen) atoms. The Bertz CT molecular complexity index is 2310. The molecule has 1 aliphatic heterocycles. The number of nitrogens with zero attached hydrogens (tertiary/aromatic N) is 3. The number of carbonyl (C=O) groups is 4. The predicted octanol–water partition coefficient (Wildman–Crippen LogP) is 5.85. The van der Waals surface area contributed by atoms with E-state index >= 15 is 0 Å². The number of hydrogen-bond donors (Lipinski definition) is 3. The molecule has 3 heterocycles. The van der Waals surface area contributed by atoms with E-state index in [9.17, 15) is 39.2 Å². The van der Waals surface area contributed by atoms with E-state index < -0.39 is 82.6 Å². The number of halogens is 1. The van der Waals surface area contributed by atoms with Crippen LogP contribution in [0, 0.1) is 11.3 Å². The maximum Gasteiger partial charge on any atom is 0.361 e. The molecule has 0 bridgehead atoms. The summed E-state index contributed by atoms with van der Waals surface area (Å²) in [5.41, 5.74) is 2.12. The summed E-state index contributed by atoms with van der Waals surface area (Å²) >= 11 is 6.47. The number of esters is 4. The quantitative estimate of drug-likeness (QED) is 0.0291. The highest BCUT2D eigenvalue weighted by atomic mass is 35.5. The summed E-state index contributed by atoms with van der Waals surface area (Å²) in [6.45, 7) is 0.323. The van der Waals surface area contributed by atoms with Crippen molar-refractivity contribution < 1.29 is 71.4 Å². The molecular weight excluding hydrogens is 879 g/mol. The highest BCUT2D eigenvalue weighted by molar-refractivity contribution is 7.53. The zero-order chi connectivity index (χ0) is 45.8. The van der Waals surface area contributed by atoms with Crippen molar-refractivity contribution in [3.05, 3.63) is 82.6 Å². The Morgan fingerprint density at radius 1 is 0.891 bits per heavy atom. The number of fused-ring (bicyclic) bond motifs is 1. The second-order valence-electron chi connectivity index (χ2n) is 14.9. The van der Waals surface area contributed by atoms with Gasteiger partial charge in [0.05, 0.1) is 12.3 Å². The minimum atomic E-state index is -4.41. The second-order valence-corrected chi connectivity index (χ2v) is 17.3. The smallest absolute Gasteiger partial charge is 0.361 e. The SMILES string of the molecule is CC(=O)Oc1ccccc1CCC(=O)OCOP(=O)(COC[C@H]1O[C@@H](n2ccc3c(NC4CCCC4)c(C#N)c(Cl)nc32)[C@H](O)[C@@H]1O)OCOC(=O)CCc1ccccc1OC(C)=O. The van der Waals surface area contributed by atoms with E-state index in [-0.39, 0.29) is 53.9 Å². The van der Waals surface area contributed by atoms with Crippen molar-refractivity contribution in [2.45, 2.75) is 95.8 Å². The molecule has 4 atom stereocenters. The number of rotatable bonds is 21. The van der Waals surface area contributed by atoms with Gasteiger partial charge in [-0.05, 0) is 55.0 Å². The molecule has 342 valence electrons. The van der Waals surface area contributed by atoms with Gasteiger partial charge in [-0.25, -0.2) is 4.98 Å². The molecule has 6 rings (SSSR count). The van der Waals surface area contributed by atoms with Crippen LogP contribution in [-0.4, -0.2) is 94.5 Å².